The molecule has 2 heteroatoms. The number of ketones is 1. The number of benzene rings is 1. The van der Waals surface area contributed by atoms with Gasteiger partial charge in [0.05, 0.1) is 0 Å². The van der Waals surface area contributed by atoms with Crippen LogP contribution in [0.15, 0.2) is 28.7 Å². The number of Topliss-reactive ketones (excluding diaryl/α,β-unsaturated/α-hetero) is 1. The lowest BCUT2D eigenvalue weighted by atomic mass is 9.78. The van der Waals surface area contributed by atoms with Gasteiger partial charge in [-0.15, -0.1) is 0 Å². The van der Waals surface area contributed by atoms with Gasteiger partial charge in [0.15, 0.2) is 5.76 Å². The summed E-state index contributed by atoms with van der Waals surface area (Å²) in [6.45, 7) is 4.27. The van der Waals surface area contributed by atoms with E-state index >= 15 is 0 Å². The van der Waals surface area contributed by atoms with Crippen molar-refractivity contribution in [2.24, 2.45) is 11.8 Å². The van der Waals surface area contributed by atoms with Crippen molar-refractivity contribution in [3.05, 3.63) is 35.6 Å². The molecule has 0 unspecified atom stereocenters. The van der Waals surface area contributed by atoms with E-state index in [1.165, 1.54) is 25.7 Å². The maximum atomic E-state index is 12.7. The lowest BCUT2D eigenvalue weighted by Gasteiger charge is -2.26. The summed E-state index contributed by atoms with van der Waals surface area (Å²) in [4.78, 5) is 12.7. The lowest BCUT2D eigenvalue weighted by molar-refractivity contribution is 0.0843. The fourth-order valence-corrected chi connectivity index (χ4v) is 3.65. The highest BCUT2D eigenvalue weighted by Crippen LogP contribution is 2.34. The quantitative estimate of drug-likeness (QED) is 0.691. The highest BCUT2D eigenvalue weighted by atomic mass is 16.3. The summed E-state index contributed by atoms with van der Waals surface area (Å²) in [5.74, 6) is 1.76. The van der Waals surface area contributed by atoms with Crippen molar-refractivity contribution in [1.29, 1.82) is 0 Å². The largest absolute Gasteiger partial charge is 0.453 e. The average molecular weight is 284 g/mol. The van der Waals surface area contributed by atoms with Crippen molar-refractivity contribution in [1.82, 2.24) is 0 Å². The fourth-order valence-electron chi connectivity index (χ4n) is 3.65. The third-order valence-corrected chi connectivity index (χ3v) is 4.90. The lowest BCUT2D eigenvalue weighted by Crippen LogP contribution is -2.21. The van der Waals surface area contributed by atoms with E-state index in [4.69, 9.17) is 4.42 Å². The van der Waals surface area contributed by atoms with Gasteiger partial charge < -0.3 is 4.42 Å². The Morgan fingerprint density at radius 1 is 1.24 bits per heavy atom. The van der Waals surface area contributed by atoms with Gasteiger partial charge in [0.2, 0.25) is 5.78 Å². The highest BCUT2D eigenvalue weighted by Gasteiger charge is 2.28. The zero-order valence-electron chi connectivity index (χ0n) is 13.0. The predicted octanol–water partition coefficient (Wildman–Crippen LogP) is 5.53. The van der Waals surface area contributed by atoms with Crippen LogP contribution in [0, 0.1) is 18.8 Å². The molecule has 0 spiro atoms. The Balaban J connectivity index is 1.74. The van der Waals surface area contributed by atoms with Gasteiger partial charge in [-0.25, -0.2) is 0 Å². The molecule has 1 aromatic carbocycles. The van der Waals surface area contributed by atoms with E-state index in [2.05, 4.69) is 6.92 Å². The van der Waals surface area contributed by atoms with Gasteiger partial charge in [0, 0.05) is 11.3 Å². The highest BCUT2D eigenvalue weighted by molar-refractivity contribution is 5.99. The van der Waals surface area contributed by atoms with Gasteiger partial charge in [-0.2, -0.15) is 0 Å². The molecule has 1 aliphatic rings. The first-order valence-electron chi connectivity index (χ1n) is 8.22. The van der Waals surface area contributed by atoms with Crippen LogP contribution in [0.3, 0.4) is 0 Å². The Hall–Kier alpha value is -1.57. The second-order valence-corrected chi connectivity index (χ2v) is 6.47. The number of fused-ring (bicyclic) bond motifs is 1. The monoisotopic (exact) mass is 284 g/mol. The van der Waals surface area contributed by atoms with Crippen molar-refractivity contribution in [3.63, 3.8) is 0 Å². The molecule has 2 nitrogen and oxygen atoms in total. The van der Waals surface area contributed by atoms with Gasteiger partial charge in [-0.1, -0.05) is 38.0 Å². The summed E-state index contributed by atoms with van der Waals surface area (Å²) < 4.78 is 5.84. The van der Waals surface area contributed by atoms with Crippen LogP contribution < -0.4 is 0 Å². The zero-order valence-corrected chi connectivity index (χ0v) is 13.0. The van der Waals surface area contributed by atoms with Crippen LogP contribution in [0.25, 0.3) is 11.0 Å². The van der Waals surface area contributed by atoms with Crippen LogP contribution in [0.1, 0.15) is 61.6 Å². The van der Waals surface area contributed by atoms with Crippen molar-refractivity contribution in [2.45, 2.75) is 52.4 Å². The van der Waals surface area contributed by atoms with Gasteiger partial charge in [0.1, 0.15) is 5.58 Å². The Morgan fingerprint density at radius 2 is 2.00 bits per heavy atom. The number of aryl methyl sites for hydroxylation is 1. The molecule has 1 saturated carbocycles. The molecule has 0 radical (unpaired) electrons. The van der Waals surface area contributed by atoms with Gasteiger partial charge in [0.25, 0.3) is 0 Å². The van der Waals surface area contributed by atoms with Crippen LogP contribution in [-0.2, 0) is 0 Å². The summed E-state index contributed by atoms with van der Waals surface area (Å²) >= 11 is 0. The number of hydrogen-bond donors (Lipinski definition) is 0. The first-order chi connectivity index (χ1) is 10.2. The Morgan fingerprint density at radius 3 is 2.67 bits per heavy atom. The molecule has 112 valence electrons. The summed E-state index contributed by atoms with van der Waals surface area (Å²) in [5, 5.41) is 1.04. The second kappa shape index (κ2) is 6.05. The van der Waals surface area contributed by atoms with Crippen molar-refractivity contribution < 1.29 is 9.21 Å². The van der Waals surface area contributed by atoms with E-state index < -0.39 is 0 Å². The minimum Gasteiger partial charge on any atom is -0.453 e. The van der Waals surface area contributed by atoms with Crippen LogP contribution in [0.5, 0.6) is 0 Å². The molecule has 2 aromatic rings. The van der Waals surface area contributed by atoms with Gasteiger partial charge in [-0.05, 0) is 50.2 Å². The smallest absolute Gasteiger partial charge is 0.201 e. The molecular weight excluding hydrogens is 260 g/mol. The summed E-state index contributed by atoms with van der Waals surface area (Å²) in [7, 11) is 0. The maximum absolute atomic E-state index is 12.7. The molecule has 3 rings (SSSR count). The molecule has 0 atom stereocenters. The number of furan rings is 1. The fraction of sp³-hybridized carbons (Fsp3) is 0.526. The number of hydrogen-bond acceptors (Lipinski definition) is 2. The van der Waals surface area contributed by atoms with E-state index in [1.807, 2.05) is 31.2 Å². The Kier molecular flexibility index (Phi) is 4.14. The molecular formula is C19H24O2. The first-order valence-corrected chi connectivity index (χ1v) is 8.22. The predicted molar refractivity (Wildman–Crippen MR) is 85.6 cm³/mol. The van der Waals surface area contributed by atoms with Crippen molar-refractivity contribution in [2.75, 3.05) is 0 Å². The van der Waals surface area contributed by atoms with Crippen LogP contribution in [-0.4, -0.2) is 5.78 Å². The molecule has 1 aromatic heterocycles. The van der Waals surface area contributed by atoms with E-state index in [0.717, 1.165) is 35.3 Å². The van der Waals surface area contributed by atoms with E-state index in [0.29, 0.717) is 5.76 Å². The van der Waals surface area contributed by atoms with Gasteiger partial charge >= 0.3 is 0 Å². The molecule has 21 heavy (non-hydrogen) atoms. The minimum absolute atomic E-state index is 0.166. The van der Waals surface area contributed by atoms with E-state index in [-0.39, 0.29) is 11.7 Å². The first kappa shape index (κ1) is 14.4. The average Bonchev–Trinajstić information content (AvgIpc) is 2.93. The van der Waals surface area contributed by atoms with Crippen LogP contribution >= 0.6 is 0 Å². The molecule has 0 N–H and O–H groups in total. The number of rotatable bonds is 4. The summed E-state index contributed by atoms with van der Waals surface area (Å²) in [6, 6.07) is 7.97. The third-order valence-electron chi connectivity index (χ3n) is 4.90. The molecule has 0 saturated heterocycles. The number of para-hydroxylation sites is 1. The number of carbonyl (C=O) groups excluding carboxylic acids is 1. The van der Waals surface area contributed by atoms with Crippen LogP contribution in [0.2, 0.25) is 0 Å². The van der Waals surface area contributed by atoms with Crippen LogP contribution in [0.4, 0.5) is 0 Å². The van der Waals surface area contributed by atoms with E-state index in [9.17, 15) is 4.79 Å². The molecule has 0 amide bonds. The van der Waals surface area contributed by atoms with E-state index in [1.54, 1.807) is 0 Å². The normalized spacial score (nSPS) is 22.6. The third kappa shape index (κ3) is 2.90. The van der Waals surface area contributed by atoms with Crippen molar-refractivity contribution in [3.8, 4) is 0 Å². The van der Waals surface area contributed by atoms with Crippen molar-refractivity contribution >= 4 is 16.8 Å². The number of carbonyl (C=O) groups is 1. The summed E-state index contributed by atoms with van der Waals surface area (Å²) in [6.07, 6.45) is 7.02. The molecule has 0 aliphatic heterocycles. The standard InChI is InChI=1S/C19H24O2/c1-3-5-14-8-10-15(11-9-14)18(20)17-12-16-7-4-6-13(2)19(16)21-17/h4,6-7,12,14-15H,3,5,8-11H2,1-2H3. The maximum Gasteiger partial charge on any atom is 0.201 e. The van der Waals surface area contributed by atoms with Gasteiger partial charge in [-0.3, -0.25) is 4.79 Å². The summed E-state index contributed by atoms with van der Waals surface area (Å²) in [5.41, 5.74) is 1.96. The molecule has 0 bridgehead atoms. The molecule has 1 heterocycles. The minimum atomic E-state index is 0.166. The SMILES string of the molecule is CCCC1CCC(C(=O)c2cc3cccc(C)c3o2)CC1. The Labute approximate surface area is 126 Å². The zero-order chi connectivity index (χ0) is 14.8. The molecule has 1 aliphatic carbocycles. The molecule has 1 fully saturated rings. The second-order valence-electron chi connectivity index (χ2n) is 6.47. The topological polar surface area (TPSA) is 30.2 Å². The Bertz CT molecular complexity index is 630.